The van der Waals surface area contributed by atoms with Crippen molar-refractivity contribution in [3.63, 3.8) is 0 Å². The molecule has 0 heterocycles. The quantitative estimate of drug-likeness (QED) is 0.263. The molecule has 116 valence electrons. The van der Waals surface area contributed by atoms with Crippen molar-refractivity contribution in [2.45, 2.75) is 58.9 Å². The van der Waals surface area contributed by atoms with Gasteiger partial charge in [-0.15, -0.1) is 6.58 Å². The first-order valence-electron chi connectivity index (χ1n) is 7.48. The summed E-state index contributed by atoms with van der Waals surface area (Å²) in [5.41, 5.74) is 1.39. The monoisotopic (exact) mass is 281 g/mol. The van der Waals surface area contributed by atoms with E-state index in [-0.39, 0.29) is 11.5 Å². The molecule has 3 nitrogen and oxygen atoms in total. The summed E-state index contributed by atoms with van der Waals surface area (Å²) in [6.45, 7) is 13.5. The van der Waals surface area contributed by atoms with Crippen molar-refractivity contribution in [3.05, 3.63) is 24.3 Å². The van der Waals surface area contributed by atoms with Crippen molar-refractivity contribution in [2.75, 3.05) is 20.2 Å². The maximum atomic E-state index is 11.2. The van der Waals surface area contributed by atoms with Crippen LogP contribution in [0.2, 0.25) is 0 Å². The summed E-state index contributed by atoms with van der Waals surface area (Å²) >= 11 is 0. The first-order valence-corrected chi connectivity index (χ1v) is 7.48. The van der Waals surface area contributed by atoms with Gasteiger partial charge < -0.3 is 4.74 Å². The Balaban J connectivity index is 4.06. The number of hydrogen-bond acceptors (Lipinski definition) is 3. The molecule has 0 atom stereocenters. The van der Waals surface area contributed by atoms with Gasteiger partial charge in [-0.05, 0) is 54.0 Å². The second-order valence-corrected chi connectivity index (χ2v) is 6.01. The molecule has 0 aromatic heterocycles. The minimum absolute atomic E-state index is 0.133. The van der Waals surface area contributed by atoms with Crippen LogP contribution in [0, 0.1) is 0 Å². The normalized spacial score (nSPS) is 12.1. The average molecular weight is 281 g/mol. The van der Waals surface area contributed by atoms with E-state index >= 15 is 0 Å². The minimum Gasteiger partial charge on any atom is -0.463 e. The third kappa shape index (κ3) is 8.92. The predicted octanol–water partition coefficient (Wildman–Crippen LogP) is 3.95. The molecular formula is C17H31NO2. The van der Waals surface area contributed by atoms with Crippen molar-refractivity contribution in [1.82, 2.24) is 4.90 Å². The summed E-state index contributed by atoms with van der Waals surface area (Å²) in [5, 5.41) is 0. The first-order chi connectivity index (χ1) is 9.29. The van der Waals surface area contributed by atoms with Crippen LogP contribution in [-0.2, 0) is 9.53 Å². The highest BCUT2D eigenvalue weighted by Crippen LogP contribution is 2.21. The highest BCUT2D eigenvalue weighted by atomic mass is 16.5. The Labute approximate surface area is 124 Å². The topological polar surface area (TPSA) is 29.5 Å². The number of esters is 1. The Kier molecular flexibility index (Phi) is 9.23. The van der Waals surface area contributed by atoms with Crippen LogP contribution in [0.15, 0.2) is 24.3 Å². The average Bonchev–Trinajstić information content (AvgIpc) is 2.34. The van der Waals surface area contributed by atoms with Gasteiger partial charge in [-0.2, -0.15) is 0 Å². The molecule has 0 N–H and O–H groups in total. The number of nitrogens with zero attached hydrogens (tertiary/aromatic N) is 1. The molecule has 0 fully saturated rings. The fourth-order valence-corrected chi connectivity index (χ4v) is 1.92. The summed E-state index contributed by atoms with van der Waals surface area (Å²) in [5.74, 6) is -0.264. The molecule has 0 aliphatic carbocycles. The standard InChI is InChI=1S/C17H31NO2/c1-7-20-16(19)12-10-14-18(6)17(4,5)13-9-8-11-15(2)3/h10,12H,2,7-9,11,13-14H2,1,3-6H3/b12-10+. The molecule has 0 aromatic carbocycles. The molecule has 0 aliphatic heterocycles. The summed E-state index contributed by atoms with van der Waals surface area (Å²) in [7, 11) is 2.09. The van der Waals surface area contributed by atoms with Gasteiger partial charge in [0.25, 0.3) is 0 Å². The molecule has 3 heteroatoms. The highest BCUT2D eigenvalue weighted by Gasteiger charge is 2.21. The Morgan fingerprint density at radius 2 is 2.00 bits per heavy atom. The molecule has 0 spiro atoms. The molecule has 0 rings (SSSR count). The van der Waals surface area contributed by atoms with E-state index in [9.17, 15) is 4.79 Å². The Bertz CT molecular complexity index is 332. The number of unbranched alkanes of at least 4 members (excludes halogenated alkanes) is 1. The van der Waals surface area contributed by atoms with Crippen LogP contribution < -0.4 is 0 Å². The zero-order valence-corrected chi connectivity index (χ0v) is 13.9. The molecule has 0 radical (unpaired) electrons. The van der Waals surface area contributed by atoms with Crippen LogP contribution in [0.5, 0.6) is 0 Å². The van der Waals surface area contributed by atoms with Crippen LogP contribution >= 0.6 is 0 Å². The van der Waals surface area contributed by atoms with E-state index in [0.29, 0.717) is 6.61 Å². The number of carbonyl (C=O) groups is 1. The molecule has 0 aromatic rings. The van der Waals surface area contributed by atoms with Gasteiger partial charge in [0.2, 0.25) is 0 Å². The third-order valence-electron chi connectivity index (χ3n) is 3.60. The number of carbonyl (C=O) groups excluding carboxylic acids is 1. The first kappa shape index (κ1) is 18.9. The van der Waals surface area contributed by atoms with Crippen LogP contribution in [0.1, 0.15) is 53.4 Å². The van der Waals surface area contributed by atoms with Gasteiger partial charge in [0.15, 0.2) is 0 Å². The number of hydrogen-bond donors (Lipinski definition) is 0. The molecule has 0 amide bonds. The van der Waals surface area contributed by atoms with Gasteiger partial charge in [-0.25, -0.2) is 4.79 Å². The van der Waals surface area contributed by atoms with Crippen molar-refractivity contribution in [1.29, 1.82) is 0 Å². The fraction of sp³-hybridized carbons (Fsp3) is 0.706. The molecular weight excluding hydrogens is 250 g/mol. The Hall–Kier alpha value is -1.09. The van der Waals surface area contributed by atoms with E-state index in [1.807, 2.05) is 13.0 Å². The summed E-state index contributed by atoms with van der Waals surface area (Å²) < 4.78 is 4.86. The van der Waals surface area contributed by atoms with Crippen molar-refractivity contribution >= 4 is 5.97 Å². The molecule has 0 aliphatic rings. The highest BCUT2D eigenvalue weighted by molar-refractivity contribution is 5.81. The van der Waals surface area contributed by atoms with Gasteiger partial charge >= 0.3 is 5.97 Å². The number of likely N-dealkylation sites (N-methyl/N-ethyl adjacent to an activating group) is 1. The molecule has 0 saturated carbocycles. The zero-order valence-electron chi connectivity index (χ0n) is 13.9. The summed E-state index contributed by atoms with van der Waals surface area (Å²) in [6.07, 6.45) is 8.04. The van der Waals surface area contributed by atoms with Crippen LogP contribution in [0.25, 0.3) is 0 Å². The van der Waals surface area contributed by atoms with Gasteiger partial charge in [0, 0.05) is 18.2 Å². The lowest BCUT2D eigenvalue weighted by molar-refractivity contribution is -0.137. The zero-order chi connectivity index (χ0) is 15.6. The van der Waals surface area contributed by atoms with Gasteiger partial charge in [0.05, 0.1) is 6.61 Å². The fourth-order valence-electron chi connectivity index (χ4n) is 1.92. The smallest absolute Gasteiger partial charge is 0.330 e. The van der Waals surface area contributed by atoms with Crippen molar-refractivity contribution < 1.29 is 9.53 Å². The molecule has 0 saturated heterocycles. The van der Waals surface area contributed by atoms with E-state index in [2.05, 4.69) is 39.3 Å². The predicted molar refractivity (Wildman–Crippen MR) is 85.8 cm³/mol. The lowest BCUT2D eigenvalue weighted by atomic mass is 9.94. The second-order valence-electron chi connectivity index (χ2n) is 6.01. The van der Waals surface area contributed by atoms with Crippen molar-refractivity contribution in [2.24, 2.45) is 0 Å². The molecule has 0 bridgehead atoms. The molecule has 0 unspecified atom stereocenters. The van der Waals surface area contributed by atoms with E-state index in [1.165, 1.54) is 24.5 Å². The minimum atomic E-state index is -0.264. The van der Waals surface area contributed by atoms with E-state index in [1.54, 1.807) is 0 Å². The number of rotatable bonds is 10. The lowest BCUT2D eigenvalue weighted by Crippen LogP contribution is -2.41. The maximum Gasteiger partial charge on any atom is 0.330 e. The second kappa shape index (κ2) is 9.76. The SMILES string of the molecule is C=C(C)CCCCC(C)(C)N(C)C/C=C/C(=O)OCC. The van der Waals surface area contributed by atoms with Gasteiger partial charge in [-0.1, -0.05) is 18.1 Å². The summed E-state index contributed by atoms with van der Waals surface area (Å²) in [6, 6.07) is 0. The Morgan fingerprint density at radius 1 is 1.35 bits per heavy atom. The Morgan fingerprint density at radius 3 is 2.55 bits per heavy atom. The van der Waals surface area contributed by atoms with E-state index < -0.39 is 0 Å². The number of ether oxygens (including phenoxy) is 1. The lowest BCUT2D eigenvalue weighted by Gasteiger charge is -2.35. The van der Waals surface area contributed by atoms with E-state index in [0.717, 1.165) is 19.4 Å². The van der Waals surface area contributed by atoms with E-state index in [4.69, 9.17) is 4.74 Å². The number of allylic oxidation sites excluding steroid dienone is 1. The third-order valence-corrected chi connectivity index (χ3v) is 3.60. The largest absolute Gasteiger partial charge is 0.463 e. The van der Waals surface area contributed by atoms with Gasteiger partial charge in [-0.3, -0.25) is 4.90 Å². The van der Waals surface area contributed by atoms with Crippen LogP contribution in [0.4, 0.5) is 0 Å². The van der Waals surface area contributed by atoms with Crippen LogP contribution in [-0.4, -0.2) is 36.6 Å². The van der Waals surface area contributed by atoms with Crippen LogP contribution in [0.3, 0.4) is 0 Å². The van der Waals surface area contributed by atoms with Crippen molar-refractivity contribution in [3.8, 4) is 0 Å². The molecule has 20 heavy (non-hydrogen) atoms. The van der Waals surface area contributed by atoms with Gasteiger partial charge in [0.1, 0.15) is 0 Å². The maximum absolute atomic E-state index is 11.2. The summed E-state index contributed by atoms with van der Waals surface area (Å²) in [4.78, 5) is 13.5.